The molecule has 0 bridgehead atoms. The second kappa shape index (κ2) is 5.19. The van der Waals surface area contributed by atoms with Crippen molar-refractivity contribution in [2.75, 3.05) is 13.7 Å². The van der Waals surface area contributed by atoms with Crippen molar-refractivity contribution in [2.24, 2.45) is 0 Å². The lowest BCUT2D eigenvalue weighted by Gasteiger charge is -2.46. The highest BCUT2D eigenvalue weighted by Crippen LogP contribution is 2.44. The molecule has 1 aromatic heterocycles. The molecule has 2 rings (SSSR count). The molecule has 0 aromatic carbocycles. The van der Waals surface area contributed by atoms with Gasteiger partial charge in [0.1, 0.15) is 0 Å². The van der Waals surface area contributed by atoms with E-state index in [0.29, 0.717) is 0 Å². The van der Waals surface area contributed by atoms with Gasteiger partial charge in [-0.15, -0.1) is 0 Å². The third kappa shape index (κ3) is 2.24. The maximum absolute atomic E-state index is 5.79. The van der Waals surface area contributed by atoms with Crippen LogP contribution in [-0.2, 0) is 11.3 Å². The Morgan fingerprint density at radius 2 is 2.29 bits per heavy atom. The molecule has 4 nitrogen and oxygen atoms in total. The smallest absolute Gasteiger partial charge is 0.0873 e. The molecule has 1 saturated carbocycles. The van der Waals surface area contributed by atoms with E-state index in [0.717, 1.165) is 25.9 Å². The van der Waals surface area contributed by atoms with Gasteiger partial charge in [-0.3, -0.25) is 4.68 Å². The predicted octanol–water partition coefficient (Wildman–Crippen LogP) is 2.12. The summed E-state index contributed by atoms with van der Waals surface area (Å²) in [6.45, 7) is 6.11. The number of nitrogens with one attached hydrogen (secondary N) is 1. The molecule has 0 amide bonds. The van der Waals surface area contributed by atoms with E-state index >= 15 is 0 Å². The van der Waals surface area contributed by atoms with Crippen molar-refractivity contribution in [1.29, 1.82) is 0 Å². The molecule has 1 fully saturated rings. The summed E-state index contributed by atoms with van der Waals surface area (Å²) in [7, 11) is 1.83. The predicted molar refractivity (Wildman–Crippen MR) is 67.9 cm³/mol. The molecular weight excluding hydrogens is 214 g/mol. The number of hydrogen-bond acceptors (Lipinski definition) is 3. The SMILES string of the molecule is CCNC(c1cnn(CC)c1)C1(OC)CCC1. The van der Waals surface area contributed by atoms with Gasteiger partial charge < -0.3 is 10.1 Å². The van der Waals surface area contributed by atoms with Gasteiger partial charge in [0, 0.05) is 25.4 Å². The molecule has 1 unspecified atom stereocenters. The average molecular weight is 237 g/mol. The monoisotopic (exact) mass is 237 g/mol. The van der Waals surface area contributed by atoms with Gasteiger partial charge in [0.2, 0.25) is 0 Å². The molecule has 0 spiro atoms. The van der Waals surface area contributed by atoms with Crippen molar-refractivity contribution in [2.45, 2.75) is 51.3 Å². The maximum Gasteiger partial charge on any atom is 0.0873 e. The number of aryl methyl sites for hydroxylation is 1. The second-order valence-corrected chi connectivity index (χ2v) is 4.74. The molecule has 1 N–H and O–H groups in total. The molecule has 1 aliphatic carbocycles. The van der Waals surface area contributed by atoms with E-state index in [2.05, 4.69) is 30.5 Å². The first-order valence-electron chi connectivity index (χ1n) is 6.56. The van der Waals surface area contributed by atoms with Crippen molar-refractivity contribution in [1.82, 2.24) is 15.1 Å². The molecule has 4 heteroatoms. The Hall–Kier alpha value is -0.870. The first-order chi connectivity index (χ1) is 8.25. The third-order valence-corrected chi connectivity index (χ3v) is 3.85. The summed E-state index contributed by atoms with van der Waals surface area (Å²) in [6, 6.07) is 0.270. The van der Waals surface area contributed by atoms with Crippen LogP contribution in [0.2, 0.25) is 0 Å². The molecule has 1 atom stereocenters. The van der Waals surface area contributed by atoms with Crippen LogP contribution in [0.25, 0.3) is 0 Å². The zero-order chi connectivity index (χ0) is 12.3. The first-order valence-corrected chi connectivity index (χ1v) is 6.56. The van der Waals surface area contributed by atoms with Gasteiger partial charge >= 0.3 is 0 Å². The van der Waals surface area contributed by atoms with Gasteiger partial charge in [-0.25, -0.2) is 0 Å². The highest BCUT2D eigenvalue weighted by molar-refractivity contribution is 5.18. The standard InChI is InChI=1S/C13H23N3O/c1-4-14-12(13(17-3)7-6-8-13)11-9-15-16(5-2)10-11/h9-10,12,14H,4-8H2,1-3H3. The summed E-state index contributed by atoms with van der Waals surface area (Å²) in [5, 5.41) is 7.92. The van der Waals surface area contributed by atoms with Crippen LogP contribution < -0.4 is 5.32 Å². The topological polar surface area (TPSA) is 39.1 Å². The minimum atomic E-state index is -0.0163. The molecule has 0 saturated heterocycles. The van der Waals surface area contributed by atoms with Crippen molar-refractivity contribution in [3.63, 3.8) is 0 Å². The van der Waals surface area contributed by atoms with Gasteiger partial charge in [-0.05, 0) is 32.7 Å². The molecule has 96 valence electrons. The van der Waals surface area contributed by atoms with Crippen LogP contribution in [0.3, 0.4) is 0 Å². The Morgan fingerprint density at radius 1 is 1.53 bits per heavy atom. The summed E-state index contributed by atoms with van der Waals surface area (Å²) in [5.41, 5.74) is 1.23. The number of nitrogens with zero attached hydrogens (tertiary/aromatic N) is 2. The van der Waals surface area contributed by atoms with E-state index in [1.807, 2.05) is 18.0 Å². The van der Waals surface area contributed by atoms with Crippen LogP contribution in [0, 0.1) is 0 Å². The lowest BCUT2D eigenvalue weighted by molar-refractivity contribution is -0.0995. The van der Waals surface area contributed by atoms with Gasteiger partial charge in [0.05, 0.1) is 17.8 Å². The van der Waals surface area contributed by atoms with Crippen LogP contribution in [0.15, 0.2) is 12.4 Å². The summed E-state index contributed by atoms with van der Waals surface area (Å²) < 4.78 is 7.76. The molecule has 1 aliphatic rings. The zero-order valence-electron chi connectivity index (χ0n) is 11.1. The Kier molecular flexibility index (Phi) is 3.84. The maximum atomic E-state index is 5.79. The summed E-state index contributed by atoms with van der Waals surface area (Å²) >= 11 is 0. The van der Waals surface area contributed by atoms with Crippen LogP contribution >= 0.6 is 0 Å². The zero-order valence-corrected chi connectivity index (χ0v) is 11.1. The van der Waals surface area contributed by atoms with Crippen LogP contribution in [0.5, 0.6) is 0 Å². The number of methoxy groups -OCH3 is 1. The number of aromatic nitrogens is 2. The largest absolute Gasteiger partial charge is 0.376 e. The average Bonchev–Trinajstić information content (AvgIpc) is 2.75. The molecule has 1 aromatic rings. The summed E-state index contributed by atoms with van der Waals surface area (Å²) in [6.07, 6.45) is 7.64. The molecule has 17 heavy (non-hydrogen) atoms. The third-order valence-electron chi connectivity index (χ3n) is 3.85. The number of likely N-dealkylation sites (N-methyl/N-ethyl adjacent to an activating group) is 1. The Bertz CT molecular complexity index is 352. The fourth-order valence-corrected chi connectivity index (χ4v) is 2.65. The Balaban J connectivity index is 2.21. The summed E-state index contributed by atoms with van der Waals surface area (Å²) in [5.74, 6) is 0. The van der Waals surface area contributed by atoms with E-state index in [1.165, 1.54) is 12.0 Å². The van der Waals surface area contributed by atoms with Crippen molar-refractivity contribution >= 4 is 0 Å². The van der Waals surface area contributed by atoms with Crippen molar-refractivity contribution < 1.29 is 4.74 Å². The quantitative estimate of drug-likeness (QED) is 0.823. The van der Waals surface area contributed by atoms with E-state index in [1.54, 1.807) is 0 Å². The van der Waals surface area contributed by atoms with E-state index in [4.69, 9.17) is 4.74 Å². The van der Waals surface area contributed by atoms with Gasteiger partial charge in [0.15, 0.2) is 0 Å². The number of rotatable bonds is 6. The number of ether oxygens (including phenoxy) is 1. The van der Waals surface area contributed by atoms with Crippen LogP contribution in [0.1, 0.15) is 44.7 Å². The Morgan fingerprint density at radius 3 is 2.71 bits per heavy atom. The fourth-order valence-electron chi connectivity index (χ4n) is 2.65. The summed E-state index contributed by atoms with van der Waals surface area (Å²) in [4.78, 5) is 0. The Labute approximate surface area is 103 Å². The van der Waals surface area contributed by atoms with E-state index in [-0.39, 0.29) is 11.6 Å². The molecular formula is C13H23N3O. The molecule has 0 radical (unpaired) electrons. The van der Waals surface area contributed by atoms with Gasteiger partial charge in [-0.2, -0.15) is 5.10 Å². The number of hydrogen-bond donors (Lipinski definition) is 1. The molecule has 1 heterocycles. The van der Waals surface area contributed by atoms with Gasteiger partial charge in [-0.1, -0.05) is 6.92 Å². The highest BCUT2D eigenvalue weighted by Gasteiger charge is 2.45. The van der Waals surface area contributed by atoms with Gasteiger partial charge in [0.25, 0.3) is 0 Å². The van der Waals surface area contributed by atoms with Crippen molar-refractivity contribution in [3.05, 3.63) is 18.0 Å². The first kappa shape index (κ1) is 12.6. The minimum absolute atomic E-state index is 0.0163. The second-order valence-electron chi connectivity index (χ2n) is 4.74. The molecule has 0 aliphatic heterocycles. The normalized spacial score (nSPS) is 19.9. The van der Waals surface area contributed by atoms with E-state index < -0.39 is 0 Å². The fraction of sp³-hybridized carbons (Fsp3) is 0.769. The lowest BCUT2D eigenvalue weighted by atomic mass is 9.72. The van der Waals surface area contributed by atoms with E-state index in [9.17, 15) is 0 Å². The lowest BCUT2D eigenvalue weighted by Crippen LogP contribution is -2.50. The van der Waals surface area contributed by atoms with Crippen LogP contribution in [-0.4, -0.2) is 29.0 Å². The van der Waals surface area contributed by atoms with Crippen LogP contribution in [0.4, 0.5) is 0 Å². The minimum Gasteiger partial charge on any atom is -0.376 e. The highest BCUT2D eigenvalue weighted by atomic mass is 16.5. The van der Waals surface area contributed by atoms with Crippen molar-refractivity contribution in [3.8, 4) is 0 Å².